The van der Waals surface area contributed by atoms with E-state index in [4.69, 9.17) is 23.2 Å². The molecule has 18 heavy (non-hydrogen) atoms. The maximum Gasteiger partial charge on any atom is 0.0897 e. The van der Waals surface area contributed by atoms with Crippen molar-refractivity contribution in [3.8, 4) is 0 Å². The lowest BCUT2D eigenvalue weighted by atomic mass is 10.1. The molecule has 1 unspecified atom stereocenters. The second-order valence-electron chi connectivity index (χ2n) is 3.95. The molecule has 1 aromatic carbocycles. The highest BCUT2D eigenvalue weighted by atomic mass is 35.5. The molecule has 0 aliphatic heterocycles. The van der Waals surface area contributed by atoms with Crippen LogP contribution in [0.5, 0.6) is 0 Å². The van der Waals surface area contributed by atoms with Crippen LogP contribution >= 0.6 is 34.5 Å². The molecular formula is C13H14Cl2N2S. The van der Waals surface area contributed by atoms with E-state index in [1.54, 1.807) is 11.3 Å². The van der Waals surface area contributed by atoms with Gasteiger partial charge in [-0.25, -0.2) is 4.98 Å². The Kier molecular flexibility index (Phi) is 4.62. The predicted octanol–water partition coefficient (Wildman–Crippen LogP) is 4.46. The largest absolute Gasteiger partial charge is 0.306 e. The first-order chi connectivity index (χ1) is 8.61. The van der Waals surface area contributed by atoms with Crippen LogP contribution in [0.2, 0.25) is 10.0 Å². The van der Waals surface area contributed by atoms with Gasteiger partial charge in [-0.3, -0.25) is 0 Å². The van der Waals surface area contributed by atoms with Crippen molar-refractivity contribution in [1.29, 1.82) is 0 Å². The molecule has 0 fully saturated rings. The van der Waals surface area contributed by atoms with Gasteiger partial charge in [-0.05, 0) is 31.2 Å². The number of halogens is 2. The Morgan fingerprint density at radius 1 is 1.33 bits per heavy atom. The highest BCUT2D eigenvalue weighted by Crippen LogP contribution is 2.31. The molecule has 0 amide bonds. The van der Waals surface area contributed by atoms with E-state index in [9.17, 15) is 0 Å². The second-order valence-corrected chi connectivity index (χ2v) is 6.03. The number of nitrogens with one attached hydrogen (secondary N) is 1. The van der Waals surface area contributed by atoms with E-state index in [0.717, 1.165) is 17.1 Å². The van der Waals surface area contributed by atoms with Crippen LogP contribution in [0.4, 0.5) is 0 Å². The Morgan fingerprint density at radius 2 is 2.11 bits per heavy atom. The molecule has 1 atom stereocenters. The maximum atomic E-state index is 6.08. The quantitative estimate of drug-likeness (QED) is 0.902. The first-order valence-electron chi connectivity index (χ1n) is 5.72. The fourth-order valence-electron chi connectivity index (χ4n) is 1.79. The van der Waals surface area contributed by atoms with E-state index in [-0.39, 0.29) is 6.04 Å². The number of thiazole rings is 1. The monoisotopic (exact) mass is 300 g/mol. The molecule has 5 heteroatoms. The van der Waals surface area contributed by atoms with Crippen LogP contribution in [0, 0.1) is 6.92 Å². The normalized spacial score (nSPS) is 12.7. The number of aromatic nitrogens is 1. The molecule has 0 bridgehead atoms. The molecule has 0 radical (unpaired) electrons. The van der Waals surface area contributed by atoms with Crippen molar-refractivity contribution < 1.29 is 0 Å². The molecule has 1 N–H and O–H groups in total. The summed E-state index contributed by atoms with van der Waals surface area (Å²) in [7, 11) is 0. The van der Waals surface area contributed by atoms with E-state index < -0.39 is 0 Å². The maximum absolute atomic E-state index is 6.08. The number of benzene rings is 1. The fourth-order valence-corrected chi connectivity index (χ4v) is 2.99. The summed E-state index contributed by atoms with van der Waals surface area (Å²) in [4.78, 5) is 5.49. The average Bonchev–Trinajstić information content (AvgIpc) is 2.76. The third-order valence-electron chi connectivity index (χ3n) is 2.61. The van der Waals surface area contributed by atoms with Gasteiger partial charge in [-0.1, -0.05) is 36.2 Å². The summed E-state index contributed by atoms with van der Waals surface area (Å²) in [5.41, 5.74) is 1.11. The molecule has 2 aromatic rings. The molecule has 96 valence electrons. The number of rotatable bonds is 4. The molecular weight excluding hydrogens is 287 g/mol. The Labute approximate surface area is 121 Å². The van der Waals surface area contributed by atoms with Gasteiger partial charge >= 0.3 is 0 Å². The summed E-state index contributed by atoms with van der Waals surface area (Å²) < 4.78 is 0. The van der Waals surface area contributed by atoms with Crippen molar-refractivity contribution >= 4 is 34.5 Å². The van der Waals surface area contributed by atoms with Crippen LogP contribution in [0.3, 0.4) is 0 Å². The molecule has 0 saturated heterocycles. The van der Waals surface area contributed by atoms with Gasteiger partial charge in [0.05, 0.1) is 21.1 Å². The van der Waals surface area contributed by atoms with Crippen LogP contribution in [-0.4, -0.2) is 11.5 Å². The standard InChI is InChI=1S/C13H14Cl2N2S/c1-3-16-13(12-7-17-8(2)18-12)9-4-5-10(14)11(15)6-9/h4-7,13,16H,3H2,1-2H3. The van der Waals surface area contributed by atoms with Gasteiger partial charge in [0.25, 0.3) is 0 Å². The average molecular weight is 301 g/mol. The predicted molar refractivity (Wildman–Crippen MR) is 78.8 cm³/mol. The Balaban J connectivity index is 2.37. The summed E-state index contributed by atoms with van der Waals surface area (Å²) in [6.45, 7) is 4.96. The minimum atomic E-state index is 0.121. The zero-order valence-electron chi connectivity index (χ0n) is 10.2. The van der Waals surface area contributed by atoms with Crippen LogP contribution in [0.25, 0.3) is 0 Å². The van der Waals surface area contributed by atoms with E-state index in [1.807, 2.05) is 31.3 Å². The minimum absolute atomic E-state index is 0.121. The number of hydrogen-bond donors (Lipinski definition) is 1. The Bertz CT molecular complexity index is 540. The molecule has 0 saturated carbocycles. The number of aryl methyl sites for hydroxylation is 1. The lowest BCUT2D eigenvalue weighted by Gasteiger charge is -2.17. The first kappa shape index (κ1) is 13.8. The van der Waals surface area contributed by atoms with Crippen LogP contribution in [-0.2, 0) is 0 Å². The van der Waals surface area contributed by atoms with Gasteiger partial charge in [0.1, 0.15) is 0 Å². The summed E-state index contributed by atoms with van der Waals surface area (Å²) >= 11 is 13.7. The molecule has 2 rings (SSSR count). The zero-order chi connectivity index (χ0) is 13.1. The van der Waals surface area contributed by atoms with Crippen molar-refractivity contribution in [3.05, 3.63) is 49.9 Å². The molecule has 0 spiro atoms. The highest BCUT2D eigenvalue weighted by molar-refractivity contribution is 7.11. The number of nitrogens with zero attached hydrogens (tertiary/aromatic N) is 1. The second kappa shape index (κ2) is 6.02. The molecule has 1 heterocycles. The molecule has 2 nitrogen and oxygen atoms in total. The van der Waals surface area contributed by atoms with Crippen LogP contribution in [0.15, 0.2) is 24.4 Å². The van der Waals surface area contributed by atoms with Gasteiger partial charge in [0.15, 0.2) is 0 Å². The van der Waals surface area contributed by atoms with Gasteiger partial charge in [0.2, 0.25) is 0 Å². The molecule has 1 aromatic heterocycles. The first-order valence-corrected chi connectivity index (χ1v) is 7.29. The third kappa shape index (κ3) is 3.04. The van der Waals surface area contributed by atoms with Crippen LogP contribution in [0.1, 0.15) is 28.4 Å². The Morgan fingerprint density at radius 3 is 2.67 bits per heavy atom. The van der Waals surface area contributed by atoms with Crippen molar-refractivity contribution in [3.63, 3.8) is 0 Å². The lowest BCUT2D eigenvalue weighted by molar-refractivity contribution is 0.639. The van der Waals surface area contributed by atoms with E-state index in [2.05, 4.69) is 17.2 Å². The molecule has 0 aliphatic carbocycles. The number of hydrogen-bond acceptors (Lipinski definition) is 3. The van der Waals surface area contributed by atoms with Gasteiger partial charge in [-0.15, -0.1) is 11.3 Å². The van der Waals surface area contributed by atoms with Gasteiger partial charge in [0, 0.05) is 11.1 Å². The van der Waals surface area contributed by atoms with Gasteiger partial charge in [-0.2, -0.15) is 0 Å². The zero-order valence-corrected chi connectivity index (χ0v) is 12.5. The summed E-state index contributed by atoms with van der Waals surface area (Å²) in [5.74, 6) is 0. The highest BCUT2D eigenvalue weighted by Gasteiger charge is 2.16. The van der Waals surface area contributed by atoms with E-state index in [1.165, 1.54) is 4.88 Å². The summed E-state index contributed by atoms with van der Waals surface area (Å²) in [6.07, 6.45) is 1.91. The summed E-state index contributed by atoms with van der Waals surface area (Å²) in [6, 6.07) is 5.86. The fraction of sp³-hybridized carbons (Fsp3) is 0.308. The topological polar surface area (TPSA) is 24.9 Å². The summed E-state index contributed by atoms with van der Waals surface area (Å²) in [5, 5.41) is 5.67. The SMILES string of the molecule is CCNC(c1ccc(Cl)c(Cl)c1)c1cnc(C)s1. The van der Waals surface area contributed by atoms with Gasteiger partial charge < -0.3 is 5.32 Å². The van der Waals surface area contributed by atoms with Crippen molar-refractivity contribution in [2.24, 2.45) is 0 Å². The van der Waals surface area contributed by atoms with Crippen molar-refractivity contribution in [1.82, 2.24) is 10.3 Å². The Hall–Kier alpha value is -0.610. The third-order valence-corrected chi connectivity index (χ3v) is 4.33. The van der Waals surface area contributed by atoms with E-state index in [0.29, 0.717) is 10.0 Å². The van der Waals surface area contributed by atoms with Crippen LogP contribution < -0.4 is 5.32 Å². The molecule has 0 aliphatic rings. The smallest absolute Gasteiger partial charge is 0.0897 e. The van der Waals surface area contributed by atoms with Crippen molar-refractivity contribution in [2.75, 3.05) is 6.54 Å². The lowest BCUT2D eigenvalue weighted by Crippen LogP contribution is -2.21. The minimum Gasteiger partial charge on any atom is -0.306 e. The van der Waals surface area contributed by atoms with Crippen molar-refractivity contribution in [2.45, 2.75) is 19.9 Å². The van der Waals surface area contributed by atoms with E-state index >= 15 is 0 Å².